The first-order valence-electron chi connectivity index (χ1n) is 11.2. The zero-order valence-corrected chi connectivity index (χ0v) is 20.9. The number of hydrogen-bond acceptors (Lipinski definition) is 8. The average molecular weight is 528 g/mol. The Morgan fingerprint density at radius 3 is 2.38 bits per heavy atom. The van der Waals surface area contributed by atoms with Gasteiger partial charge in [-0.05, 0) is 60.5 Å². The number of imide groups is 1. The van der Waals surface area contributed by atoms with Gasteiger partial charge >= 0.3 is 0 Å². The molecule has 3 aromatic rings. The van der Waals surface area contributed by atoms with Gasteiger partial charge in [0.15, 0.2) is 17.3 Å². The fourth-order valence-electron chi connectivity index (χ4n) is 4.14. The molecule has 1 atom stereocenters. The summed E-state index contributed by atoms with van der Waals surface area (Å²) < 4.78 is 39.0. The van der Waals surface area contributed by atoms with E-state index in [-0.39, 0.29) is 29.3 Å². The second-order valence-corrected chi connectivity index (χ2v) is 9.80. The summed E-state index contributed by atoms with van der Waals surface area (Å²) in [7, 11) is -0.901. The molecule has 3 amide bonds. The van der Waals surface area contributed by atoms with Crippen molar-refractivity contribution >= 4 is 33.4 Å². The second-order valence-electron chi connectivity index (χ2n) is 8.24. The van der Waals surface area contributed by atoms with E-state index in [0.29, 0.717) is 17.9 Å². The standard InChI is InChI=1S/C25H25N3O8S/c1-34-20-10-5-16(14-22(20)35-2)11-12-27(25(31)21-4-3-13-36-21)19-15-23(29)28(24(19)30)17-6-8-18(9-7-17)37(26,32)33/h3-10,13-14,19H,11-12,15H2,1-2H3,(H2,26,32,33). The number of rotatable bonds is 9. The van der Waals surface area contributed by atoms with Crippen molar-refractivity contribution in [2.24, 2.45) is 5.14 Å². The summed E-state index contributed by atoms with van der Waals surface area (Å²) in [4.78, 5) is 41.7. The highest BCUT2D eigenvalue weighted by Gasteiger charge is 2.44. The number of carbonyl (C=O) groups is 3. The Morgan fingerprint density at radius 2 is 1.78 bits per heavy atom. The molecule has 1 saturated heterocycles. The molecule has 194 valence electrons. The monoisotopic (exact) mass is 527 g/mol. The number of nitrogens with zero attached hydrogens (tertiary/aromatic N) is 2. The number of hydrogen-bond donors (Lipinski definition) is 1. The predicted molar refractivity (Wildman–Crippen MR) is 132 cm³/mol. The Kier molecular flexibility index (Phi) is 7.32. The molecule has 11 nitrogen and oxygen atoms in total. The lowest BCUT2D eigenvalue weighted by Crippen LogP contribution is -2.46. The summed E-state index contributed by atoms with van der Waals surface area (Å²) in [5.41, 5.74) is 0.997. The number of amides is 3. The van der Waals surface area contributed by atoms with Crippen LogP contribution >= 0.6 is 0 Å². The van der Waals surface area contributed by atoms with Gasteiger partial charge in [-0.1, -0.05) is 6.07 Å². The highest BCUT2D eigenvalue weighted by molar-refractivity contribution is 7.89. The fourth-order valence-corrected chi connectivity index (χ4v) is 4.66. The lowest BCUT2D eigenvalue weighted by Gasteiger charge is -2.27. The van der Waals surface area contributed by atoms with Crippen LogP contribution in [0.4, 0.5) is 5.69 Å². The lowest BCUT2D eigenvalue weighted by atomic mass is 10.1. The molecule has 4 rings (SSSR count). The average Bonchev–Trinajstić information content (AvgIpc) is 3.52. The Morgan fingerprint density at radius 1 is 1.08 bits per heavy atom. The molecule has 0 aliphatic carbocycles. The molecule has 1 fully saturated rings. The molecule has 2 heterocycles. The molecule has 1 aliphatic rings. The van der Waals surface area contributed by atoms with Gasteiger partial charge in [-0.3, -0.25) is 14.4 Å². The maximum atomic E-state index is 13.4. The predicted octanol–water partition coefficient (Wildman–Crippen LogP) is 1.96. The largest absolute Gasteiger partial charge is 0.493 e. The third-order valence-corrected chi connectivity index (χ3v) is 6.93. The van der Waals surface area contributed by atoms with Gasteiger partial charge in [0.1, 0.15) is 6.04 Å². The molecule has 1 aromatic heterocycles. The van der Waals surface area contributed by atoms with Crippen molar-refractivity contribution in [3.05, 3.63) is 72.2 Å². The Bertz CT molecular complexity index is 1420. The molecule has 2 aromatic carbocycles. The SMILES string of the molecule is COc1ccc(CCN(C(=O)c2ccco2)C2CC(=O)N(c3ccc(S(N)(=O)=O)cc3)C2=O)cc1OC. The third-order valence-electron chi connectivity index (χ3n) is 6.00. The van der Waals surface area contributed by atoms with Crippen molar-refractivity contribution < 1.29 is 36.7 Å². The molecular formula is C25H25N3O8S. The molecule has 0 saturated carbocycles. The molecule has 2 N–H and O–H groups in total. The Hall–Kier alpha value is -4.16. The van der Waals surface area contributed by atoms with Crippen molar-refractivity contribution in [3.63, 3.8) is 0 Å². The molecule has 37 heavy (non-hydrogen) atoms. The topological polar surface area (TPSA) is 149 Å². The number of methoxy groups -OCH3 is 2. The summed E-state index contributed by atoms with van der Waals surface area (Å²) in [6, 6.07) is 12.3. The first kappa shape index (κ1) is 25.9. The van der Waals surface area contributed by atoms with Crippen LogP contribution in [0.3, 0.4) is 0 Å². The summed E-state index contributed by atoms with van der Waals surface area (Å²) in [5.74, 6) is -0.575. The number of furan rings is 1. The van der Waals surface area contributed by atoms with E-state index in [1.165, 1.54) is 55.7 Å². The first-order chi connectivity index (χ1) is 17.6. The van der Waals surface area contributed by atoms with E-state index in [1.807, 2.05) is 6.07 Å². The minimum absolute atomic E-state index is 0.0310. The van der Waals surface area contributed by atoms with Crippen molar-refractivity contribution in [1.29, 1.82) is 0 Å². The maximum Gasteiger partial charge on any atom is 0.290 e. The highest BCUT2D eigenvalue weighted by atomic mass is 32.2. The van der Waals surface area contributed by atoms with E-state index in [1.54, 1.807) is 18.2 Å². The summed E-state index contributed by atoms with van der Waals surface area (Å²) >= 11 is 0. The van der Waals surface area contributed by atoms with Gasteiger partial charge in [-0.15, -0.1) is 0 Å². The molecule has 1 aliphatic heterocycles. The van der Waals surface area contributed by atoms with Gasteiger partial charge in [-0.2, -0.15) is 0 Å². The second kappa shape index (κ2) is 10.4. The molecule has 12 heteroatoms. The number of carbonyl (C=O) groups excluding carboxylic acids is 3. The van der Waals surface area contributed by atoms with Crippen LogP contribution < -0.4 is 19.5 Å². The molecule has 0 radical (unpaired) electrons. The van der Waals surface area contributed by atoms with Gasteiger partial charge in [0.05, 0.1) is 37.5 Å². The van der Waals surface area contributed by atoms with Crippen molar-refractivity contribution in [3.8, 4) is 11.5 Å². The van der Waals surface area contributed by atoms with Crippen LogP contribution in [-0.2, 0) is 26.0 Å². The number of primary sulfonamides is 1. The number of nitrogens with two attached hydrogens (primary N) is 1. The number of sulfonamides is 1. The lowest BCUT2D eigenvalue weighted by molar-refractivity contribution is -0.122. The fraction of sp³-hybridized carbons (Fsp3) is 0.240. The smallest absolute Gasteiger partial charge is 0.290 e. The summed E-state index contributed by atoms with van der Waals surface area (Å²) in [6.07, 6.45) is 1.46. The van der Waals surface area contributed by atoms with Crippen LogP contribution in [0.1, 0.15) is 22.5 Å². The molecular weight excluding hydrogens is 502 g/mol. The van der Waals surface area contributed by atoms with Crippen molar-refractivity contribution in [2.75, 3.05) is 25.7 Å². The maximum absolute atomic E-state index is 13.4. The summed E-state index contributed by atoms with van der Waals surface area (Å²) in [6.45, 7) is 0.108. The van der Waals surface area contributed by atoms with E-state index in [4.69, 9.17) is 19.0 Å². The quantitative estimate of drug-likeness (QED) is 0.415. The van der Waals surface area contributed by atoms with E-state index in [9.17, 15) is 22.8 Å². The van der Waals surface area contributed by atoms with Crippen molar-refractivity contribution in [2.45, 2.75) is 23.8 Å². The molecule has 1 unspecified atom stereocenters. The van der Waals surface area contributed by atoms with Crippen LogP contribution in [0.15, 0.2) is 70.2 Å². The third kappa shape index (κ3) is 5.34. The van der Waals surface area contributed by atoms with Gasteiger partial charge < -0.3 is 18.8 Å². The van der Waals surface area contributed by atoms with Crippen LogP contribution in [0, 0.1) is 0 Å². The Labute approximate surface area is 213 Å². The number of benzene rings is 2. The summed E-state index contributed by atoms with van der Waals surface area (Å²) in [5, 5.41) is 5.13. The van der Waals surface area contributed by atoms with Crippen LogP contribution in [0.2, 0.25) is 0 Å². The van der Waals surface area contributed by atoms with Gasteiger partial charge in [0, 0.05) is 6.54 Å². The normalized spacial score (nSPS) is 15.6. The molecule has 0 spiro atoms. The van der Waals surface area contributed by atoms with Crippen LogP contribution in [0.5, 0.6) is 11.5 Å². The van der Waals surface area contributed by atoms with Crippen molar-refractivity contribution in [1.82, 2.24) is 4.90 Å². The number of ether oxygens (including phenoxy) is 2. The Balaban J connectivity index is 1.61. The van der Waals surface area contributed by atoms with Gasteiger partial charge in [0.25, 0.3) is 11.8 Å². The van der Waals surface area contributed by atoms with E-state index < -0.39 is 33.8 Å². The van der Waals surface area contributed by atoms with Crippen LogP contribution in [0.25, 0.3) is 0 Å². The zero-order valence-electron chi connectivity index (χ0n) is 20.1. The zero-order chi connectivity index (χ0) is 26.7. The van der Waals surface area contributed by atoms with E-state index >= 15 is 0 Å². The molecule has 0 bridgehead atoms. The van der Waals surface area contributed by atoms with Gasteiger partial charge in [0.2, 0.25) is 15.9 Å². The number of anilines is 1. The first-order valence-corrected chi connectivity index (χ1v) is 12.7. The van der Waals surface area contributed by atoms with Gasteiger partial charge in [-0.25, -0.2) is 18.5 Å². The highest BCUT2D eigenvalue weighted by Crippen LogP contribution is 2.30. The van der Waals surface area contributed by atoms with E-state index in [0.717, 1.165) is 10.5 Å². The minimum atomic E-state index is -3.94. The van der Waals surface area contributed by atoms with E-state index in [2.05, 4.69) is 0 Å². The minimum Gasteiger partial charge on any atom is -0.493 e. The van der Waals surface area contributed by atoms with Crippen LogP contribution in [-0.4, -0.2) is 57.8 Å².